The molecule has 0 aromatic heterocycles. The van der Waals surface area contributed by atoms with E-state index in [0.29, 0.717) is 16.9 Å². The van der Waals surface area contributed by atoms with E-state index in [0.717, 1.165) is 32.1 Å². The first-order valence-electron chi connectivity index (χ1n) is 10.5. The summed E-state index contributed by atoms with van der Waals surface area (Å²) in [5.74, 6) is -1.09. The maximum absolute atomic E-state index is 12.8. The van der Waals surface area contributed by atoms with Crippen LogP contribution in [0.25, 0.3) is 11.6 Å². The first-order valence-corrected chi connectivity index (χ1v) is 10.5. The Morgan fingerprint density at radius 2 is 1.65 bits per heavy atom. The van der Waals surface area contributed by atoms with Gasteiger partial charge in [0.1, 0.15) is 5.75 Å². The lowest BCUT2D eigenvalue weighted by atomic mass is 9.89. The van der Waals surface area contributed by atoms with Gasteiger partial charge in [0.2, 0.25) is 5.91 Å². The molecule has 1 aliphatic rings. The summed E-state index contributed by atoms with van der Waals surface area (Å²) in [6.45, 7) is -0.520. The van der Waals surface area contributed by atoms with Gasteiger partial charge in [-0.3, -0.25) is 14.9 Å². The fraction of sp³-hybridized carbons (Fsp3) is 0.320. The van der Waals surface area contributed by atoms with Gasteiger partial charge in [-0.25, -0.2) is 4.79 Å². The van der Waals surface area contributed by atoms with Crippen molar-refractivity contribution in [2.24, 2.45) is 5.92 Å². The fourth-order valence-corrected chi connectivity index (χ4v) is 3.67. The van der Waals surface area contributed by atoms with Gasteiger partial charge in [0.25, 0.3) is 5.91 Å². The Morgan fingerprint density at radius 1 is 0.968 bits per heavy atom. The molecule has 1 fully saturated rings. The molecule has 0 aliphatic heterocycles. The van der Waals surface area contributed by atoms with E-state index in [2.05, 4.69) is 5.32 Å². The second kappa shape index (κ2) is 11.1. The van der Waals surface area contributed by atoms with Crippen molar-refractivity contribution in [2.45, 2.75) is 32.1 Å². The van der Waals surface area contributed by atoms with Crippen LogP contribution in [0.1, 0.15) is 43.2 Å². The van der Waals surface area contributed by atoms with Crippen molar-refractivity contribution < 1.29 is 23.9 Å². The molecule has 0 heterocycles. The molecule has 2 aromatic rings. The standard InChI is InChI=1S/C25H27NO5/c1-30-22-15-9-8-14-20(22)16-21(18-10-4-2-5-11-18)25(29)31-17-23(27)26-24(28)19-12-6-3-7-13-19/h2,4-5,8-11,14-16,19H,3,6-7,12-13,17H2,1H3,(H,26,27,28)/b21-16+. The molecule has 6 heteroatoms. The SMILES string of the molecule is COc1ccccc1/C=C(/C(=O)OCC(=O)NC(=O)C1CCCCC1)c1ccccc1. The van der Waals surface area contributed by atoms with Crippen LogP contribution in [0.2, 0.25) is 0 Å². The second-order valence-corrected chi connectivity index (χ2v) is 7.49. The number of para-hydroxylation sites is 1. The molecule has 162 valence electrons. The normalized spacial score (nSPS) is 14.5. The van der Waals surface area contributed by atoms with Crippen molar-refractivity contribution in [2.75, 3.05) is 13.7 Å². The third-order valence-corrected chi connectivity index (χ3v) is 5.32. The zero-order valence-corrected chi connectivity index (χ0v) is 17.6. The molecule has 6 nitrogen and oxygen atoms in total. The van der Waals surface area contributed by atoms with Gasteiger partial charge in [-0.05, 0) is 30.5 Å². The van der Waals surface area contributed by atoms with Crippen LogP contribution in [0.15, 0.2) is 54.6 Å². The smallest absolute Gasteiger partial charge is 0.339 e. The molecule has 0 atom stereocenters. The zero-order valence-electron chi connectivity index (χ0n) is 17.6. The molecule has 0 spiro atoms. The van der Waals surface area contributed by atoms with Crippen molar-refractivity contribution in [1.29, 1.82) is 0 Å². The summed E-state index contributed by atoms with van der Waals surface area (Å²) < 4.78 is 10.6. The number of hydrogen-bond acceptors (Lipinski definition) is 5. The van der Waals surface area contributed by atoms with Gasteiger partial charge in [-0.15, -0.1) is 0 Å². The Morgan fingerprint density at radius 3 is 2.35 bits per heavy atom. The molecule has 0 radical (unpaired) electrons. The van der Waals surface area contributed by atoms with E-state index in [4.69, 9.17) is 9.47 Å². The lowest BCUT2D eigenvalue weighted by molar-refractivity contribution is -0.145. The number of amides is 2. The van der Waals surface area contributed by atoms with Crippen LogP contribution in [0.5, 0.6) is 5.75 Å². The fourth-order valence-electron chi connectivity index (χ4n) is 3.67. The quantitative estimate of drug-likeness (QED) is 0.415. The van der Waals surface area contributed by atoms with Gasteiger partial charge < -0.3 is 9.47 Å². The molecule has 1 saturated carbocycles. The minimum absolute atomic E-state index is 0.140. The summed E-state index contributed by atoms with van der Waals surface area (Å²) in [5, 5.41) is 2.36. The summed E-state index contributed by atoms with van der Waals surface area (Å²) in [6.07, 6.45) is 6.36. The lowest BCUT2D eigenvalue weighted by Gasteiger charge is -2.20. The van der Waals surface area contributed by atoms with E-state index >= 15 is 0 Å². The average Bonchev–Trinajstić information content (AvgIpc) is 2.82. The monoisotopic (exact) mass is 421 g/mol. The van der Waals surface area contributed by atoms with Crippen LogP contribution in [0, 0.1) is 5.92 Å². The molecule has 2 amide bonds. The van der Waals surface area contributed by atoms with Crippen LogP contribution in [-0.4, -0.2) is 31.5 Å². The number of benzene rings is 2. The number of esters is 1. The van der Waals surface area contributed by atoms with Gasteiger partial charge >= 0.3 is 5.97 Å². The molecule has 3 rings (SSSR count). The number of imide groups is 1. The van der Waals surface area contributed by atoms with Gasteiger partial charge in [-0.1, -0.05) is 67.8 Å². The zero-order chi connectivity index (χ0) is 22.1. The summed E-state index contributed by atoms with van der Waals surface area (Å²) in [6, 6.07) is 16.3. The topological polar surface area (TPSA) is 81.7 Å². The highest BCUT2D eigenvalue weighted by atomic mass is 16.5. The Bertz CT molecular complexity index is 945. The highest BCUT2D eigenvalue weighted by molar-refractivity contribution is 6.22. The third kappa shape index (κ3) is 6.28. The van der Waals surface area contributed by atoms with Crippen LogP contribution >= 0.6 is 0 Å². The maximum atomic E-state index is 12.8. The van der Waals surface area contributed by atoms with Gasteiger partial charge in [0.05, 0.1) is 12.7 Å². The summed E-state index contributed by atoms with van der Waals surface area (Å²) in [5.41, 5.74) is 1.64. The van der Waals surface area contributed by atoms with E-state index in [1.165, 1.54) is 0 Å². The first-order chi connectivity index (χ1) is 15.1. The van der Waals surface area contributed by atoms with Crippen LogP contribution in [0.4, 0.5) is 0 Å². The molecule has 0 saturated heterocycles. The van der Waals surface area contributed by atoms with Crippen LogP contribution < -0.4 is 10.1 Å². The van der Waals surface area contributed by atoms with Gasteiger partial charge in [0, 0.05) is 11.5 Å². The molecular formula is C25H27NO5. The van der Waals surface area contributed by atoms with Crippen molar-refractivity contribution in [1.82, 2.24) is 5.32 Å². The largest absolute Gasteiger partial charge is 0.496 e. The minimum Gasteiger partial charge on any atom is -0.496 e. The predicted molar refractivity (Wildman–Crippen MR) is 118 cm³/mol. The van der Waals surface area contributed by atoms with E-state index < -0.39 is 18.5 Å². The van der Waals surface area contributed by atoms with E-state index in [-0.39, 0.29) is 17.4 Å². The number of nitrogens with one attached hydrogen (secondary N) is 1. The van der Waals surface area contributed by atoms with Crippen molar-refractivity contribution in [3.63, 3.8) is 0 Å². The summed E-state index contributed by atoms with van der Waals surface area (Å²) >= 11 is 0. The highest BCUT2D eigenvalue weighted by Crippen LogP contribution is 2.26. The molecule has 1 aliphatic carbocycles. The molecule has 1 N–H and O–H groups in total. The molecule has 0 bridgehead atoms. The number of carbonyl (C=O) groups excluding carboxylic acids is 3. The summed E-state index contributed by atoms with van der Waals surface area (Å²) in [7, 11) is 1.56. The number of carbonyl (C=O) groups is 3. The lowest BCUT2D eigenvalue weighted by Crippen LogP contribution is -2.38. The van der Waals surface area contributed by atoms with Crippen LogP contribution in [-0.2, 0) is 19.1 Å². The average molecular weight is 421 g/mol. The molecular weight excluding hydrogens is 394 g/mol. The van der Waals surface area contributed by atoms with Crippen LogP contribution in [0.3, 0.4) is 0 Å². The molecule has 0 unspecified atom stereocenters. The second-order valence-electron chi connectivity index (χ2n) is 7.49. The maximum Gasteiger partial charge on any atom is 0.339 e. The van der Waals surface area contributed by atoms with Crippen molar-refractivity contribution in [3.8, 4) is 5.75 Å². The number of rotatable bonds is 7. The van der Waals surface area contributed by atoms with Crippen molar-refractivity contribution >= 4 is 29.4 Å². The van der Waals surface area contributed by atoms with Gasteiger partial charge in [-0.2, -0.15) is 0 Å². The van der Waals surface area contributed by atoms with E-state index in [1.54, 1.807) is 31.4 Å². The summed E-state index contributed by atoms with van der Waals surface area (Å²) in [4.78, 5) is 37.2. The van der Waals surface area contributed by atoms with Gasteiger partial charge in [0.15, 0.2) is 6.61 Å². The third-order valence-electron chi connectivity index (χ3n) is 5.32. The van der Waals surface area contributed by atoms with E-state index in [9.17, 15) is 14.4 Å². The van der Waals surface area contributed by atoms with E-state index in [1.807, 2.05) is 36.4 Å². The minimum atomic E-state index is -0.655. The van der Waals surface area contributed by atoms with Crippen molar-refractivity contribution in [3.05, 3.63) is 65.7 Å². The molecule has 2 aromatic carbocycles. The number of ether oxygens (including phenoxy) is 2. The highest BCUT2D eigenvalue weighted by Gasteiger charge is 2.23. The predicted octanol–water partition coefficient (Wildman–Crippen LogP) is 4.00. The number of methoxy groups -OCH3 is 1. The molecule has 31 heavy (non-hydrogen) atoms. The Kier molecular flexibility index (Phi) is 7.98. The number of hydrogen-bond donors (Lipinski definition) is 1. The Hall–Kier alpha value is -3.41. The Balaban J connectivity index is 1.70. The Labute approximate surface area is 182 Å². The first kappa shape index (κ1) is 22.3.